The number of benzene rings is 1. The Morgan fingerprint density at radius 1 is 1.14 bits per heavy atom. The van der Waals surface area contributed by atoms with Crippen LogP contribution in [0.25, 0.3) is 0 Å². The monoisotopic (exact) mass is 488 g/mol. The number of piperidine rings is 1. The van der Waals surface area contributed by atoms with E-state index in [1.165, 1.54) is 0 Å². The molecule has 35 heavy (non-hydrogen) atoms. The van der Waals surface area contributed by atoms with Crippen LogP contribution < -0.4 is 11.1 Å². The number of hydroxylamine groups is 2. The topological polar surface area (TPSA) is 133 Å². The highest BCUT2D eigenvalue weighted by Crippen LogP contribution is 2.29. The standard InChI is InChI=1S/C26H40N4O5/c1-5-6-10-19(17-21(27)31)24(33)30(35)22(26(2,3)4)25(34)29-15-13-20(14-16-29)28-23(32)18-11-8-7-9-12-18/h7-9,11-12,19-20,22,35H,5-6,10,13-17H2,1-4H3,(H2,27,31)(H,28,32)/t19-,22-/m1/s1. The number of carbonyl (C=O) groups excluding carboxylic acids is 4. The van der Waals surface area contributed by atoms with Gasteiger partial charge in [0, 0.05) is 37.0 Å². The fourth-order valence-corrected chi connectivity index (χ4v) is 4.44. The first-order chi connectivity index (χ1) is 16.5. The van der Waals surface area contributed by atoms with Crippen LogP contribution in [0.1, 0.15) is 76.6 Å². The quantitative estimate of drug-likeness (QED) is 0.344. The zero-order valence-corrected chi connectivity index (χ0v) is 21.3. The summed E-state index contributed by atoms with van der Waals surface area (Å²) in [4.78, 5) is 52.2. The van der Waals surface area contributed by atoms with Gasteiger partial charge in [-0.15, -0.1) is 0 Å². The molecule has 2 atom stereocenters. The second-order valence-electron chi connectivity index (χ2n) is 10.4. The number of nitrogens with zero attached hydrogens (tertiary/aromatic N) is 2. The van der Waals surface area contributed by atoms with Crippen LogP contribution in [0.3, 0.4) is 0 Å². The zero-order valence-electron chi connectivity index (χ0n) is 21.3. The fraction of sp³-hybridized carbons (Fsp3) is 0.615. The number of rotatable bonds is 10. The van der Waals surface area contributed by atoms with Crippen molar-refractivity contribution in [2.24, 2.45) is 17.1 Å². The van der Waals surface area contributed by atoms with E-state index in [1.54, 1.807) is 49.9 Å². The van der Waals surface area contributed by atoms with E-state index in [1.807, 2.05) is 13.0 Å². The van der Waals surface area contributed by atoms with Gasteiger partial charge in [-0.1, -0.05) is 58.7 Å². The Bertz CT molecular complexity index is 875. The van der Waals surface area contributed by atoms with E-state index >= 15 is 0 Å². The summed E-state index contributed by atoms with van der Waals surface area (Å²) in [5.41, 5.74) is 5.17. The van der Waals surface area contributed by atoms with Crippen LogP contribution in [0.5, 0.6) is 0 Å². The molecule has 0 aliphatic carbocycles. The third-order valence-electron chi connectivity index (χ3n) is 6.41. The van der Waals surface area contributed by atoms with Crippen LogP contribution in [0, 0.1) is 11.3 Å². The van der Waals surface area contributed by atoms with Gasteiger partial charge in [0.1, 0.15) is 6.04 Å². The molecule has 2 rings (SSSR count). The van der Waals surface area contributed by atoms with Crippen LogP contribution in [-0.4, -0.2) is 64.0 Å². The Balaban J connectivity index is 2.06. The summed E-state index contributed by atoms with van der Waals surface area (Å²) >= 11 is 0. The first-order valence-electron chi connectivity index (χ1n) is 12.4. The van der Waals surface area contributed by atoms with Crippen molar-refractivity contribution in [2.45, 2.75) is 78.3 Å². The molecule has 1 heterocycles. The largest absolute Gasteiger partial charge is 0.370 e. The predicted octanol–water partition coefficient (Wildman–Crippen LogP) is 2.72. The molecule has 0 unspecified atom stereocenters. The molecule has 4 amide bonds. The van der Waals surface area contributed by atoms with E-state index in [4.69, 9.17) is 5.73 Å². The highest BCUT2D eigenvalue weighted by atomic mass is 16.5. The highest BCUT2D eigenvalue weighted by Gasteiger charge is 2.43. The molecule has 0 aromatic heterocycles. The lowest BCUT2D eigenvalue weighted by Gasteiger charge is -2.41. The summed E-state index contributed by atoms with van der Waals surface area (Å²) in [7, 11) is 0. The second kappa shape index (κ2) is 12.7. The van der Waals surface area contributed by atoms with Crippen molar-refractivity contribution in [3.63, 3.8) is 0 Å². The minimum atomic E-state index is -1.11. The molecule has 9 heteroatoms. The number of nitrogens with two attached hydrogens (primary N) is 1. The van der Waals surface area contributed by atoms with Crippen molar-refractivity contribution in [1.82, 2.24) is 15.3 Å². The molecule has 1 aromatic rings. The van der Waals surface area contributed by atoms with Crippen molar-refractivity contribution in [1.29, 1.82) is 0 Å². The van der Waals surface area contributed by atoms with Crippen molar-refractivity contribution < 1.29 is 24.4 Å². The summed E-state index contributed by atoms with van der Waals surface area (Å²) in [5.74, 6) is -2.55. The molecule has 0 radical (unpaired) electrons. The first kappa shape index (κ1) is 28.3. The van der Waals surface area contributed by atoms with Crippen LogP contribution in [0.2, 0.25) is 0 Å². The lowest BCUT2D eigenvalue weighted by Crippen LogP contribution is -2.58. The lowest BCUT2D eigenvalue weighted by atomic mass is 9.84. The highest BCUT2D eigenvalue weighted by molar-refractivity contribution is 5.94. The number of nitrogens with one attached hydrogen (secondary N) is 1. The Morgan fingerprint density at radius 3 is 2.26 bits per heavy atom. The van der Waals surface area contributed by atoms with Gasteiger partial charge in [0.05, 0.1) is 0 Å². The molecule has 0 spiro atoms. The average Bonchev–Trinajstić information content (AvgIpc) is 2.81. The van der Waals surface area contributed by atoms with Crippen LogP contribution in [0.4, 0.5) is 0 Å². The summed E-state index contributed by atoms with van der Waals surface area (Å²) in [5, 5.41) is 14.5. The number of carbonyl (C=O) groups is 4. The van der Waals surface area contributed by atoms with Crippen molar-refractivity contribution >= 4 is 23.6 Å². The number of primary amides is 1. The second-order valence-corrected chi connectivity index (χ2v) is 10.4. The van der Waals surface area contributed by atoms with Gasteiger partial charge in [-0.2, -0.15) is 0 Å². The van der Waals surface area contributed by atoms with E-state index in [9.17, 15) is 24.4 Å². The first-order valence-corrected chi connectivity index (χ1v) is 12.4. The number of unbranched alkanes of at least 4 members (excludes halogenated alkanes) is 1. The van der Waals surface area contributed by atoms with E-state index in [-0.39, 0.29) is 24.3 Å². The van der Waals surface area contributed by atoms with Crippen LogP contribution in [-0.2, 0) is 14.4 Å². The average molecular weight is 489 g/mol. The number of hydrogen-bond donors (Lipinski definition) is 3. The van der Waals surface area contributed by atoms with Crippen LogP contribution >= 0.6 is 0 Å². The molecule has 4 N–H and O–H groups in total. The Morgan fingerprint density at radius 2 is 1.74 bits per heavy atom. The van der Waals surface area contributed by atoms with E-state index in [0.29, 0.717) is 49.4 Å². The Labute approximate surface area is 208 Å². The predicted molar refractivity (Wildman–Crippen MR) is 132 cm³/mol. The molecule has 1 fully saturated rings. The van der Waals surface area contributed by atoms with Crippen LogP contribution in [0.15, 0.2) is 30.3 Å². The lowest BCUT2D eigenvalue weighted by molar-refractivity contribution is -0.197. The minimum absolute atomic E-state index is 0.0688. The van der Waals surface area contributed by atoms with Gasteiger partial charge < -0.3 is 16.0 Å². The summed E-state index contributed by atoms with van der Waals surface area (Å²) in [6, 6.07) is 7.79. The van der Waals surface area contributed by atoms with Gasteiger partial charge in [0.15, 0.2) is 0 Å². The van der Waals surface area contributed by atoms with E-state index < -0.39 is 29.2 Å². The fourth-order valence-electron chi connectivity index (χ4n) is 4.44. The maximum atomic E-state index is 13.5. The molecule has 1 aromatic carbocycles. The van der Waals surface area contributed by atoms with Gasteiger partial charge in [0.25, 0.3) is 5.91 Å². The van der Waals surface area contributed by atoms with E-state index in [2.05, 4.69) is 5.32 Å². The zero-order chi connectivity index (χ0) is 26.2. The van der Waals surface area contributed by atoms with Gasteiger partial charge in [-0.05, 0) is 36.8 Å². The SMILES string of the molecule is CCCC[C@H](CC(N)=O)C(=O)N(O)[C@H](C(=O)N1CCC(NC(=O)c2ccccc2)CC1)C(C)(C)C. The van der Waals surface area contributed by atoms with Crippen molar-refractivity contribution in [2.75, 3.05) is 13.1 Å². The molecule has 9 nitrogen and oxygen atoms in total. The molecular weight excluding hydrogens is 448 g/mol. The summed E-state index contributed by atoms with van der Waals surface area (Å²) in [6.45, 7) is 8.12. The number of hydrogen-bond acceptors (Lipinski definition) is 5. The molecule has 194 valence electrons. The smallest absolute Gasteiger partial charge is 0.251 e. The molecule has 1 aliphatic heterocycles. The third kappa shape index (κ3) is 8.06. The molecule has 0 bridgehead atoms. The summed E-state index contributed by atoms with van der Waals surface area (Å²) in [6.07, 6.45) is 2.91. The Kier molecular flexibility index (Phi) is 10.2. The van der Waals surface area contributed by atoms with Crippen molar-refractivity contribution in [3.8, 4) is 0 Å². The minimum Gasteiger partial charge on any atom is -0.370 e. The molecular formula is C26H40N4O5. The van der Waals surface area contributed by atoms with Gasteiger partial charge in [0.2, 0.25) is 17.7 Å². The van der Waals surface area contributed by atoms with Gasteiger partial charge in [-0.25, -0.2) is 5.06 Å². The maximum Gasteiger partial charge on any atom is 0.251 e. The van der Waals surface area contributed by atoms with Gasteiger partial charge in [-0.3, -0.25) is 24.4 Å². The third-order valence-corrected chi connectivity index (χ3v) is 6.41. The van der Waals surface area contributed by atoms with Gasteiger partial charge >= 0.3 is 0 Å². The number of likely N-dealkylation sites (tertiary alicyclic amines) is 1. The number of amides is 4. The van der Waals surface area contributed by atoms with Crippen molar-refractivity contribution in [3.05, 3.63) is 35.9 Å². The normalized spacial score (nSPS) is 16.3. The molecule has 1 saturated heterocycles. The molecule has 0 saturated carbocycles. The molecule has 1 aliphatic rings. The van der Waals surface area contributed by atoms with E-state index in [0.717, 1.165) is 6.42 Å². The Hall–Kier alpha value is -2.94. The maximum absolute atomic E-state index is 13.5. The summed E-state index contributed by atoms with van der Waals surface area (Å²) < 4.78 is 0.